The maximum absolute atomic E-state index is 6.03. The van der Waals surface area contributed by atoms with Gasteiger partial charge in [0.1, 0.15) is 0 Å². The molecule has 0 saturated carbocycles. The molecule has 2 heterocycles. The Morgan fingerprint density at radius 1 is 1.05 bits per heavy atom. The van der Waals surface area contributed by atoms with Gasteiger partial charge < -0.3 is 15.5 Å². The molecule has 1 fully saturated rings. The fourth-order valence-electron chi connectivity index (χ4n) is 3.87. The second-order valence-corrected chi connectivity index (χ2v) is 6.55. The Bertz CT molecular complexity index is 468. The van der Waals surface area contributed by atoms with Crippen molar-refractivity contribution in [1.82, 2.24) is 14.7 Å². The smallest absolute Gasteiger partial charge is 0.0477 e. The molecule has 0 spiro atoms. The monoisotopic (exact) mass is 302 g/mol. The zero-order chi connectivity index (χ0) is 15.4. The van der Waals surface area contributed by atoms with Crippen molar-refractivity contribution in [2.24, 2.45) is 5.73 Å². The van der Waals surface area contributed by atoms with Gasteiger partial charge in [-0.2, -0.15) is 0 Å². The van der Waals surface area contributed by atoms with Crippen LogP contribution in [0.2, 0.25) is 0 Å². The molecule has 4 nitrogen and oxygen atoms in total. The second kappa shape index (κ2) is 7.55. The van der Waals surface area contributed by atoms with Gasteiger partial charge in [-0.05, 0) is 30.6 Å². The highest BCUT2D eigenvalue weighted by atomic mass is 15.3. The van der Waals surface area contributed by atoms with E-state index in [1.807, 2.05) is 0 Å². The molecule has 22 heavy (non-hydrogen) atoms. The molecule has 2 aliphatic heterocycles. The predicted molar refractivity (Wildman–Crippen MR) is 91.8 cm³/mol. The van der Waals surface area contributed by atoms with Gasteiger partial charge in [0.05, 0.1) is 0 Å². The van der Waals surface area contributed by atoms with Crippen LogP contribution in [-0.4, -0.2) is 67.1 Å². The molecule has 1 unspecified atom stereocenters. The van der Waals surface area contributed by atoms with E-state index in [0.29, 0.717) is 6.04 Å². The van der Waals surface area contributed by atoms with E-state index in [-0.39, 0.29) is 0 Å². The SMILES string of the molecule is CCN1CCN(CCCN2Cc3ccccc3C2CN)CC1. The summed E-state index contributed by atoms with van der Waals surface area (Å²) in [6.07, 6.45) is 1.25. The van der Waals surface area contributed by atoms with Crippen LogP contribution in [0, 0.1) is 0 Å². The van der Waals surface area contributed by atoms with Crippen LogP contribution in [0.25, 0.3) is 0 Å². The molecule has 3 rings (SSSR count). The number of piperazine rings is 1. The van der Waals surface area contributed by atoms with E-state index in [4.69, 9.17) is 5.73 Å². The lowest BCUT2D eigenvalue weighted by atomic mass is 10.1. The van der Waals surface area contributed by atoms with Gasteiger partial charge in [-0.3, -0.25) is 4.90 Å². The average Bonchev–Trinajstić information content (AvgIpc) is 2.93. The molecule has 4 heteroatoms. The molecule has 122 valence electrons. The van der Waals surface area contributed by atoms with Gasteiger partial charge >= 0.3 is 0 Å². The van der Waals surface area contributed by atoms with Crippen LogP contribution in [0.15, 0.2) is 24.3 Å². The molecule has 0 amide bonds. The molecule has 1 aromatic carbocycles. The topological polar surface area (TPSA) is 35.7 Å². The number of nitrogens with zero attached hydrogens (tertiary/aromatic N) is 3. The highest BCUT2D eigenvalue weighted by molar-refractivity contribution is 5.34. The minimum absolute atomic E-state index is 0.424. The van der Waals surface area contributed by atoms with Crippen LogP contribution in [-0.2, 0) is 6.54 Å². The molecule has 0 radical (unpaired) electrons. The summed E-state index contributed by atoms with van der Waals surface area (Å²) >= 11 is 0. The van der Waals surface area contributed by atoms with Gasteiger partial charge in [-0.1, -0.05) is 31.2 Å². The number of rotatable bonds is 6. The Hall–Kier alpha value is -0.940. The third-order valence-electron chi connectivity index (χ3n) is 5.28. The fraction of sp³-hybridized carbons (Fsp3) is 0.667. The lowest BCUT2D eigenvalue weighted by molar-refractivity contribution is 0.127. The quantitative estimate of drug-likeness (QED) is 0.864. The Kier molecular flexibility index (Phi) is 5.47. The zero-order valence-corrected chi connectivity index (χ0v) is 13.9. The summed E-state index contributed by atoms with van der Waals surface area (Å²) in [7, 11) is 0. The summed E-state index contributed by atoms with van der Waals surface area (Å²) in [6.45, 7) is 12.6. The van der Waals surface area contributed by atoms with Crippen LogP contribution < -0.4 is 5.73 Å². The van der Waals surface area contributed by atoms with E-state index in [1.54, 1.807) is 0 Å². The normalized spacial score (nSPS) is 23.8. The van der Waals surface area contributed by atoms with E-state index < -0.39 is 0 Å². The third-order valence-corrected chi connectivity index (χ3v) is 5.28. The minimum Gasteiger partial charge on any atom is -0.329 e. The van der Waals surface area contributed by atoms with E-state index in [9.17, 15) is 0 Å². The van der Waals surface area contributed by atoms with Crippen molar-refractivity contribution in [2.75, 3.05) is 52.4 Å². The Labute approximate surface area is 134 Å². The maximum Gasteiger partial charge on any atom is 0.0477 e. The first-order valence-electron chi connectivity index (χ1n) is 8.78. The highest BCUT2D eigenvalue weighted by Crippen LogP contribution is 2.32. The van der Waals surface area contributed by atoms with Crippen LogP contribution in [0.3, 0.4) is 0 Å². The molecule has 0 bridgehead atoms. The van der Waals surface area contributed by atoms with Crippen molar-refractivity contribution in [3.8, 4) is 0 Å². The minimum atomic E-state index is 0.424. The molecule has 2 aliphatic rings. The van der Waals surface area contributed by atoms with Crippen molar-refractivity contribution in [3.05, 3.63) is 35.4 Å². The summed E-state index contributed by atoms with van der Waals surface area (Å²) in [5.41, 5.74) is 8.94. The van der Waals surface area contributed by atoms with Crippen LogP contribution in [0.1, 0.15) is 30.5 Å². The predicted octanol–water partition coefficient (Wildman–Crippen LogP) is 1.53. The maximum atomic E-state index is 6.03. The van der Waals surface area contributed by atoms with Crippen molar-refractivity contribution in [2.45, 2.75) is 25.9 Å². The van der Waals surface area contributed by atoms with E-state index in [0.717, 1.165) is 19.6 Å². The summed E-state index contributed by atoms with van der Waals surface area (Å²) in [5, 5.41) is 0. The standard InChI is InChI=1S/C18H30N4/c1-2-20-10-12-21(13-11-20)8-5-9-22-15-16-6-3-4-7-17(16)18(22)14-19/h3-4,6-7,18H,2,5,8-15,19H2,1H3. The van der Waals surface area contributed by atoms with Crippen molar-refractivity contribution >= 4 is 0 Å². The molecule has 1 aromatic rings. The number of benzene rings is 1. The molecule has 1 atom stereocenters. The lowest BCUT2D eigenvalue weighted by Gasteiger charge is -2.34. The fourth-order valence-corrected chi connectivity index (χ4v) is 3.87. The van der Waals surface area contributed by atoms with Crippen LogP contribution >= 0.6 is 0 Å². The van der Waals surface area contributed by atoms with Gasteiger partial charge in [-0.25, -0.2) is 0 Å². The van der Waals surface area contributed by atoms with E-state index in [2.05, 4.69) is 45.9 Å². The summed E-state index contributed by atoms with van der Waals surface area (Å²) < 4.78 is 0. The first-order chi connectivity index (χ1) is 10.8. The van der Waals surface area contributed by atoms with Crippen molar-refractivity contribution in [1.29, 1.82) is 0 Å². The van der Waals surface area contributed by atoms with Crippen LogP contribution in [0.5, 0.6) is 0 Å². The first-order valence-corrected chi connectivity index (χ1v) is 8.78. The lowest BCUT2D eigenvalue weighted by Crippen LogP contribution is -2.46. The Morgan fingerprint density at radius 2 is 1.77 bits per heavy atom. The average molecular weight is 302 g/mol. The molecular weight excluding hydrogens is 272 g/mol. The van der Waals surface area contributed by atoms with Gasteiger partial charge in [-0.15, -0.1) is 0 Å². The second-order valence-electron chi connectivity index (χ2n) is 6.55. The van der Waals surface area contributed by atoms with Gasteiger partial charge in [0.25, 0.3) is 0 Å². The Balaban J connectivity index is 1.45. The van der Waals surface area contributed by atoms with Gasteiger partial charge in [0.2, 0.25) is 0 Å². The highest BCUT2D eigenvalue weighted by Gasteiger charge is 2.28. The van der Waals surface area contributed by atoms with E-state index >= 15 is 0 Å². The number of hydrogen-bond donors (Lipinski definition) is 1. The largest absolute Gasteiger partial charge is 0.329 e. The van der Waals surface area contributed by atoms with Crippen LogP contribution in [0.4, 0.5) is 0 Å². The number of nitrogens with two attached hydrogens (primary N) is 1. The molecule has 0 aromatic heterocycles. The third kappa shape index (κ3) is 3.51. The zero-order valence-electron chi connectivity index (χ0n) is 13.9. The van der Waals surface area contributed by atoms with E-state index in [1.165, 1.54) is 56.8 Å². The van der Waals surface area contributed by atoms with Gasteiger partial charge in [0, 0.05) is 51.9 Å². The number of fused-ring (bicyclic) bond motifs is 1. The summed E-state index contributed by atoms with van der Waals surface area (Å²) in [4.78, 5) is 7.72. The number of likely N-dealkylation sites (N-methyl/N-ethyl adjacent to an activating group) is 1. The Morgan fingerprint density at radius 3 is 2.50 bits per heavy atom. The molecule has 0 aliphatic carbocycles. The number of hydrogen-bond acceptors (Lipinski definition) is 4. The molecule has 2 N–H and O–H groups in total. The van der Waals surface area contributed by atoms with Crippen molar-refractivity contribution < 1.29 is 0 Å². The molecular formula is C18H30N4. The summed E-state index contributed by atoms with van der Waals surface area (Å²) in [5.74, 6) is 0. The first kappa shape index (κ1) is 15.9. The molecule has 1 saturated heterocycles. The van der Waals surface area contributed by atoms with Crippen molar-refractivity contribution in [3.63, 3.8) is 0 Å². The summed E-state index contributed by atoms with van der Waals surface area (Å²) in [6, 6.07) is 9.20. The van der Waals surface area contributed by atoms with Gasteiger partial charge in [0.15, 0.2) is 0 Å².